The number of hydrogen-bond donors (Lipinski definition) is 1. The lowest BCUT2D eigenvalue weighted by atomic mass is 10.1. The molecular formula is C18H15N3O4. The number of carbonyl (C=O) groups is 2. The van der Waals surface area contributed by atoms with Crippen LogP contribution in [0.2, 0.25) is 0 Å². The molecule has 0 saturated heterocycles. The Balaban J connectivity index is 1.69. The summed E-state index contributed by atoms with van der Waals surface area (Å²) >= 11 is 0. The van der Waals surface area contributed by atoms with Gasteiger partial charge in [-0.1, -0.05) is 24.3 Å². The van der Waals surface area contributed by atoms with Crippen LogP contribution in [0, 0.1) is 0 Å². The van der Waals surface area contributed by atoms with E-state index in [1.165, 1.54) is 13.3 Å². The molecule has 1 heterocycles. The average molecular weight is 337 g/mol. The van der Waals surface area contributed by atoms with Crippen molar-refractivity contribution in [3.05, 3.63) is 70.8 Å². The molecule has 0 bridgehead atoms. The zero-order valence-electron chi connectivity index (χ0n) is 13.4. The van der Waals surface area contributed by atoms with Crippen LogP contribution < -0.4 is 15.7 Å². The number of para-hydroxylation sites is 1. The van der Waals surface area contributed by atoms with Crippen LogP contribution in [0.25, 0.3) is 10.9 Å². The molecule has 1 aromatic heterocycles. The third-order valence-electron chi connectivity index (χ3n) is 3.52. The van der Waals surface area contributed by atoms with Crippen LogP contribution in [0.1, 0.15) is 17.3 Å². The van der Waals surface area contributed by atoms with Gasteiger partial charge < -0.3 is 4.74 Å². The average Bonchev–Trinajstić information content (AvgIpc) is 2.63. The Labute approximate surface area is 142 Å². The van der Waals surface area contributed by atoms with Gasteiger partial charge in [0.15, 0.2) is 12.4 Å². The lowest BCUT2D eigenvalue weighted by molar-refractivity contribution is -0.119. The van der Waals surface area contributed by atoms with Crippen LogP contribution in [0.15, 0.2) is 59.7 Å². The van der Waals surface area contributed by atoms with Crippen molar-refractivity contribution in [1.82, 2.24) is 9.66 Å². The van der Waals surface area contributed by atoms with Gasteiger partial charge in [0.2, 0.25) is 0 Å². The molecule has 2 aromatic carbocycles. The topological polar surface area (TPSA) is 90.3 Å². The number of rotatable bonds is 5. The minimum absolute atomic E-state index is 0.0938. The van der Waals surface area contributed by atoms with Crippen molar-refractivity contribution in [2.24, 2.45) is 0 Å². The Morgan fingerprint density at radius 1 is 1.16 bits per heavy atom. The van der Waals surface area contributed by atoms with Gasteiger partial charge in [0, 0.05) is 5.56 Å². The summed E-state index contributed by atoms with van der Waals surface area (Å²) in [5, 5.41) is 0.403. The van der Waals surface area contributed by atoms with E-state index in [0.29, 0.717) is 22.2 Å². The van der Waals surface area contributed by atoms with Crippen molar-refractivity contribution in [2.45, 2.75) is 6.92 Å². The minimum atomic E-state index is -0.521. The fourth-order valence-corrected chi connectivity index (χ4v) is 2.27. The Morgan fingerprint density at radius 2 is 1.96 bits per heavy atom. The molecule has 0 atom stereocenters. The Morgan fingerprint density at radius 3 is 2.76 bits per heavy atom. The smallest absolute Gasteiger partial charge is 0.280 e. The van der Waals surface area contributed by atoms with Gasteiger partial charge >= 0.3 is 0 Å². The van der Waals surface area contributed by atoms with E-state index in [0.717, 1.165) is 4.68 Å². The third kappa shape index (κ3) is 3.72. The molecule has 25 heavy (non-hydrogen) atoms. The Kier molecular flexibility index (Phi) is 4.56. The van der Waals surface area contributed by atoms with E-state index in [2.05, 4.69) is 10.4 Å². The molecule has 0 fully saturated rings. The van der Waals surface area contributed by atoms with E-state index in [1.54, 1.807) is 48.5 Å². The van der Waals surface area contributed by atoms with E-state index in [1.807, 2.05) is 0 Å². The maximum atomic E-state index is 12.3. The summed E-state index contributed by atoms with van der Waals surface area (Å²) in [6, 6.07) is 13.4. The fourth-order valence-electron chi connectivity index (χ4n) is 2.27. The number of Topliss-reactive ketones (excluding diaryl/α,β-unsaturated/α-hetero) is 1. The van der Waals surface area contributed by atoms with Crippen molar-refractivity contribution in [1.29, 1.82) is 0 Å². The Hall–Kier alpha value is -3.48. The molecule has 1 amide bonds. The number of hydrogen-bond acceptors (Lipinski definition) is 5. The zero-order chi connectivity index (χ0) is 17.8. The van der Waals surface area contributed by atoms with Crippen LogP contribution in [-0.2, 0) is 4.79 Å². The first-order chi connectivity index (χ1) is 12.0. The van der Waals surface area contributed by atoms with Crippen LogP contribution >= 0.6 is 0 Å². The first kappa shape index (κ1) is 16.4. The minimum Gasteiger partial charge on any atom is -0.484 e. The van der Waals surface area contributed by atoms with Gasteiger partial charge in [0.25, 0.3) is 11.5 Å². The van der Waals surface area contributed by atoms with Gasteiger partial charge in [-0.25, -0.2) is 9.66 Å². The molecule has 7 heteroatoms. The molecule has 126 valence electrons. The van der Waals surface area contributed by atoms with Crippen LogP contribution in [0.4, 0.5) is 0 Å². The molecular weight excluding hydrogens is 322 g/mol. The highest BCUT2D eigenvalue weighted by Crippen LogP contribution is 2.13. The fraction of sp³-hybridized carbons (Fsp3) is 0.111. The number of nitrogens with one attached hydrogen (secondary N) is 1. The predicted molar refractivity (Wildman–Crippen MR) is 92.3 cm³/mol. The number of amides is 1. The second-order valence-corrected chi connectivity index (χ2v) is 5.34. The molecule has 0 aliphatic heterocycles. The molecule has 3 rings (SSSR count). The quantitative estimate of drug-likeness (QED) is 0.716. The summed E-state index contributed by atoms with van der Waals surface area (Å²) < 4.78 is 6.37. The molecule has 0 spiro atoms. The summed E-state index contributed by atoms with van der Waals surface area (Å²) in [4.78, 5) is 39.7. The number of carbonyl (C=O) groups excluding carboxylic acids is 2. The lowest BCUT2D eigenvalue weighted by Crippen LogP contribution is -2.35. The normalized spacial score (nSPS) is 10.4. The summed E-state index contributed by atoms with van der Waals surface area (Å²) in [6.45, 7) is 1.14. The van der Waals surface area contributed by atoms with Gasteiger partial charge in [0.05, 0.1) is 10.9 Å². The van der Waals surface area contributed by atoms with Crippen LogP contribution in [0.3, 0.4) is 0 Å². The number of nitrogens with zero attached hydrogens (tertiary/aromatic N) is 2. The monoisotopic (exact) mass is 337 g/mol. The molecule has 0 radical (unpaired) electrons. The standard InChI is InChI=1S/C18H15N3O4/c1-12(22)13-5-4-6-14(9-13)25-10-17(23)20-21-11-19-16-8-3-2-7-15(16)18(21)24/h2-9,11H,10H2,1H3,(H,20,23). The van der Waals surface area contributed by atoms with E-state index in [-0.39, 0.29) is 17.9 Å². The highest BCUT2D eigenvalue weighted by molar-refractivity contribution is 5.94. The summed E-state index contributed by atoms with van der Waals surface area (Å²) in [6.07, 6.45) is 1.25. The van der Waals surface area contributed by atoms with Crippen molar-refractivity contribution in [3.63, 3.8) is 0 Å². The molecule has 0 aliphatic rings. The van der Waals surface area contributed by atoms with E-state index >= 15 is 0 Å². The lowest BCUT2D eigenvalue weighted by Gasteiger charge is -2.10. The highest BCUT2D eigenvalue weighted by Gasteiger charge is 2.08. The molecule has 7 nitrogen and oxygen atoms in total. The first-order valence-electron chi connectivity index (χ1n) is 7.54. The summed E-state index contributed by atoms with van der Waals surface area (Å²) in [5.41, 5.74) is 3.09. The van der Waals surface area contributed by atoms with Crippen molar-refractivity contribution < 1.29 is 14.3 Å². The third-order valence-corrected chi connectivity index (χ3v) is 3.52. The number of ether oxygens (including phenoxy) is 1. The van der Waals surface area contributed by atoms with Gasteiger partial charge in [-0.2, -0.15) is 0 Å². The van der Waals surface area contributed by atoms with Gasteiger partial charge in [-0.05, 0) is 31.2 Å². The van der Waals surface area contributed by atoms with Gasteiger partial charge in [0.1, 0.15) is 12.1 Å². The maximum Gasteiger partial charge on any atom is 0.280 e. The molecule has 0 unspecified atom stereocenters. The SMILES string of the molecule is CC(=O)c1cccc(OCC(=O)Nn2cnc3ccccc3c2=O)c1. The van der Waals surface area contributed by atoms with Gasteiger partial charge in [-0.3, -0.25) is 19.8 Å². The van der Waals surface area contributed by atoms with Crippen LogP contribution in [-0.4, -0.2) is 28.0 Å². The van der Waals surface area contributed by atoms with Crippen molar-refractivity contribution in [2.75, 3.05) is 12.0 Å². The van der Waals surface area contributed by atoms with Crippen LogP contribution in [0.5, 0.6) is 5.75 Å². The number of ketones is 1. The van der Waals surface area contributed by atoms with E-state index in [4.69, 9.17) is 4.74 Å². The largest absolute Gasteiger partial charge is 0.484 e. The number of fused-ring (bicyclic) bond motifs is 1. The molecule has 3 aromatic rings. The van der Waals surface area contributed by atoms with E-state index in [9.17, 15) is 14.4 Å². The predicted octanol–water partition coefficient (Wildman–Crippen LogP) is 1.75. The maximum absolute atomic E-state index is 12.3. The first-order valence-corrected chi connectivity index (χ1v) is 7.54. The molecule has 0 aliphatic carbocycles. The molecule has 1 N–H and O–H groups in total. The van der Waals surface area contributed by atoms with Crippen molar-refractivity contribution >= 4 is 22.6 Å². The second-order valence-electron chi connectivity index (χ2n) is 5.34. The van der Waals surface area contributed by atoms with Crippen molar-refractivity contribution in [3.8, 4) is 5.75 Å². The summed E-state index contributed by atoms with van der Waals surface area (Å²) in [5.74, 6) is -0.220. The number of benzene rings is 2. The van der Waals surface area contributed by atoms with Gasteiger partial charge in [-0.15, -0.1) is 0 Å². The Bertz CT molecular complexity index is 1010. The molecule has 0 saturated carbocycles. The number of aromatic nitrogens is 2. The van der Waals surface area contributed by atoms with E-state index < -0.39 is 5.91 Å². The summed E-state index contributed by atoms with van der Waals surface area (Å²) in [7, 11) is 0. The second kappa shape index (κ2) is 6.96. The zero-order valence-corrected chi connectivity index (χ0v) is 13.4. The highest BCUT2D eigenvalue weighted by atomic mass is 16.5.